The third kappa shape index (κ3) is 5.57. The number of esters is 2. The molecule has 0 N–H and O–H groups in total. The summed E-state index contributed by atoms with van der Waals surface area (Å²) in [4.78, 5) is 31.9. The van der Waals surface area contributed by atoms with Crippen molar-refractivity contribution in [3.05, 3.63) is 58.7 Å². The van der Waals surface area contributed by atoms with E-state index in [1.54, 1.807) is 0 Å². The summed E-state index contributed by atoms with van der Waals surface area (Å²) in [5.41, 5.74) is 6.26. The maximum atomic E-state index is 13.1. The Morgan fingerprint density at radius 3 is 1.50 bits per heavy atom. The maximum absolute atomic E-state index is 13.1. The van der Waals surface area contributed by atoms with E-state index in [4.69, 9.17) is 9.47 Å². The van der Waals surface area contributed by atoms with Gasteiger partial charge in [0.1, 0.15) is 11.5 Å². The van der Waals surface area contributed by atoms with Gasteiger partial charge in [0, 0.05) is 36.0 Å². The smallest absolute Gasteiger partial charge is 0.311 e. The Morgan fingerprint density at radius 1 is 0.600 bits per heavy atom. The van der Waals surface area contributed by atoms with Crippen molar-refractivity contribution in [1.29, 1.82) is 0 Å². The molecule has 10 rings (SSSR count). The van der Waals surface area contributed by atoms with E-state index in [-0.39, 0.29) is 35.6 Å². The number of hydrogen-bond acceptors (Lipinski definition) is 6. The first-order valence-electron chi connectivity index (χ1n) is 20.6. The zero-order valence-electron chi connectivity index (χ0n) is 30.0. The predicted octanol–water partition coefficient (Wildman–Crippen LogP) is 7.91. The molecule has 0 spiro atoms. The van der Waals surface area contributed by atoms with E-state index in [9.17, 15) is 9.59 Å². The first-order valence-corrected chi connectivity index (χ1v) is 20.6. The van der Waals surface area contributed by atoms with Gasteiger partial charge >= 0.3 is 11.9 Å². The summed E-state index contributed by atoms with van der Waals surface area (Å²) < 4.78 is 11.9. The fraction of sp³-hybridized carbons (Fsp3) is 0.682. The molecule has 0 radical (unpaired) electrons. The lowest BCUT2D eigenvalue weighted by molar-refractivity contribution is -0.140. The SMILES string of the molecule is O=C(CCC(=O)Oc1ccc2c(c1)[C@@]13CCCC[C@H]1[C@H](C2)N(CC1CC1)CC3)Oc1ccc2c(c1)[C@@]13CCCC[C@H]1[C@H](C2)N(CC1CC1)CC3. The van der Waals surface area contributed by atoms with Gasteiger partial charge in [-0.3, -0.25) is 19.4 Å². The second-order valence-corrected chi connectivity index (χ2v) is 18.0. The average molecular weight is 677 g/mol. The lowest BCUT2D eigenvalue weighted by Gasteiger charge is -2.59. The quantitative estimate of drug-likeness (QED) is 0.199. The minimum absolute atomic E-state index is 0.0251. The number of ether oxygens (including phenoxy) is 2. The van der Waals surface area contributed by atoms with Gasteiger partial charge in [0.05, 0.1) is 12.8 Å². The molecule has 6 atom stereocenters. The molecule has 4 bridgehead atoms. The van der Waals surface area contributed by atoms with E-state index in [2.05, 4.69) is 34.1 Å². The van der Waals surface area contributed by atoms with Gasteiger partial charge in [-0.1, -0.05) is 37.8 Å². The summed E-state index contributed by atoms with van der Waals surface area (Å²) in [6.45, 7) is 4.99. The second kappa shape index (κ2) is 12.5. The summed E-state index contributed by atoms with van der Waals surface area (Å²) in [7, 11) is 0. The monoisotopic (exact) mass is 676 g/mol. The van der Waals surface area contributed by atoms with Gasteiger partial charge in [0.25, 0.3) is 0 Å². The first kappa shape index (κ1) is 32.0. The molecule has 4 saturated carbocycles. The highest BCUT2D eigenvalue weighted by molar-refractivity contribution is 5.80. The molecule has 50 heavy (non-hydrogen) atoms. The van der Waals surface area contributed by atoms with Crippen molar-refractivity contribution < 1.29 is 19.1 Å². The van der Waals surface area contributed by atoms with Crippen LogP contribution >= 0.6 is 0 Å². The van der Waals surface area contributed by atoms with E-state index < -0.39 is 0 Å². The summed E-state index contributed by atoms with van der Waals surface area (Å²) in [6.07, 6.45) is 20.8. The summed E-state index contributed by atoms with van der Waals surface area (Å²) >= 11 is 0. The molecule has 6 aliphatic carbocycles. The number of piperidine rings is 2. The highest BCUT2D eigenvalue weighted by Crippen LogP contribution is 2.58. The van der Waals surface area contributed by atoms with Gasteiger partial charge in [0.15, 0.2) is 0 Å². The highest BCUT2D eigenvalue weighted by atomic mass is 16.5. The predicted molar refractivity (Wildman–Crippen MR) is 193 cm³/mol. The van der Waals surface area contributed by atoms with Crippen molar-refractivity contribution in [3.8, 4) is 11.5 Å². The molecule has 2 saturated heterocycles. The fourth-order valence-electron chi connectivity index (χ4n) is 12.5. The number of benzene rings is 2. The molecule has 2 heterocycles. The zero-order chi connectivity index (χ0) is 33.5. The molecule has 2 aliphatic heterocycles. The number of rotatable bonds is 9. The van der Waals surface area contributed by atoms with E-state index in [0.717, 1.165) is 24.7 Å². The Kier molecular flexibility index (Phi) is 7.98. The number of nitrogens with zero attached hydrogens (tertiary/aromatic N) is 2. The molecule has 2 aromatic carbocycles. The highest BCUT2D eigenvalue weighted by Gasteiger charge is 2.55. The van der Waals surface area contributed by atoms with E-state index >= 15 is 0 Å². The van der Waals surface area contributed by atoms with E-state index in [0.29, 0.717) is 35.4 Å². The van der Waals surface area contributed by atoms with Crippen molar-refractivity contribution >= 4 is 11.9 Å². The third-order valence-corrected chi connectivity index (χ3v) is 15.2. The molecule has 6 heteroatoms. The van der Waals surface area contributed by atoms with Gasteiger partial charge in [-0.05, 0) is 160 Å². The van der Waals surface area contributed by atoms with Crippen LogP contribution in [0.4, 0.5) is 0 Å². The van der Waals surface area contributed by atoms with Gasteiger partial charge in [-0.15, -0.1) is 0 Å². The largest absolute Gasteiger partial charge is 0.427 e. The maximum Gasteiger partial charge on any atom is 0.311 e. The molecular weight excluding hydrogens is 620 g/mol. The third-order valence-electron chi connectivity index (χ3n) is 15.2. The number of carbonyl (C=O) groups is 2. The zero-order valence-corrected chi connectivity index (χ0v) is 30.0. The van der Waals surface area contributed by atoms with Gasteiger partial charge in [-0.25, -0.2) is 0 Å². The number of likely N-dealkylation sites (tertiary alicyclic amines) is 2. The molecule has 6 nitrogen and oxygen atoms in total. The Hall–Kier alpha value is -2.70. The lowest BCUT2D eigenvalue weighted by atomic mass is 9.52. The average Bonchev–Trinajstić information content (AvgIpc) is 4.08. The van der Waals surface area contributed by atoms with Gasteiger partial charge in [-0.2, -0.15) is 0 Å². The topological polar surface area (TPSA) is 59.1 Å². The summed E-state index contributed by atoms with van der Waals surface area (Å²) in [6, 6.07) is 14.2. The summed E-state index contributed by atoms with van der Waals surface area (Å²) in [5, 5.41) is 0. The molecule has 0 aromatic heterocycles. The molecular formula is C44H56N2O4. The Morgan fingerprint density at radius 2 is 1.06 bits per heavy atom. The molecule has 2 aromatic rings. The second-order valence-electron chi connectivity index (χ2n) is 18.0. The van der Waals surface area contributed by atoms with Crippen molar-refractivity contribution in [2.45, 2.75) is 138 Å². The fourth-order valence-corrected chi connectivity index (χ4v) is 12.5. The Labute approximate surface area is 298 Å². The van der Waals surface area contributed by atoms with E-state index in [1.807, 2.05) is 12.1 Å². The molecule has 266 valence electrons. The normalized spacial score (nSPS) is 34.5. The van der Waals surface area contributed by atoms with Crippen molar-refractivity contribution in [2.75, 3.05) is 26.2 Å². The molecule has 6 fully saturated rings. The number of carbonyl (C=O) groups excluding carboxylic acids is 2. The van der Waals surface area contributed by atoms with Crippen LogP contribution in [0, 0.1) is 23.7 Å². The van der Waals surface area contributed by atoms with Crippen LogP contribution in [0.2, 0.25) is 0 Å². The van der Waals surface area contributed by atoms with Crippen LogP contribution in [0.15, 0.2) is 36.4 Å². The van der Waals surface area contributed by atoms with Crippen molar-refractivity contribution in [1.82, 2.24) is 9.80 Å². The van der Waals surface area contributed by atoms with Crippen LogP contribution in [0.25, 0.3) is 0 Å². The van der Waals surface area contributed by atoms with Crippen LogP contribution in [-0.2, 0) is 33.3 Å². The van der Waals surface area contributed by atoms with Crippen LogP contribution in [0.1, 0.15) is 125 Å². The lowest BCUT2D eigenvalue weighted by Crippen LogP contribution is -2.61. The van der Waals surface area contributed by atoms with E-state index in [1.165, 1.54) is 138 Å². The number of fused-ring (bicyclic) bond motifs is 2. The minimum atomic E-state index is -0.356. The molecule has 0 amide bonds. The van der Waals surface area contributed by atoms with Crippen LogP contribution < -0.4 is 9.47 Å². The van der Waals surface area contributed by atoms with Gasteiger partial charge in [0.2, 0.25) is 0 Å². The van der Waals surface area contributed by atoms with Crippen LogP contribution in [-0.4, -0.2) is 60.0 Å². The summed E-state index contributed by atoms with van der Waals surface area (Å²) in [5.74, 6) is 3.84. The minimum Gasteiger partial charge on any atom is -0.427 e. The number of hydrogen-bond donors (Lipinski definition) is 0. The van der Waals surface area contributed by atoms with Crippen LogP contribution in [0.3, 0.4) is 0 Å². The standard InChI is InChI=1S/C44H56N2O4/c47-41(49-33-13-11-31-23-39-35-5-1-3-17-43(35,37(31)25-33)19-21-45(39)27-29-7-8-29)15-16-42(48)50-34-14-12-32-24-40-36-6-2-4-18-44(36,38(32)26-34)20-22-46(40)28-30-9-10-30/h11-14,25-26,29-30,35-36,39-40H,1-10,15-24,27-28H2/t35-,36-,39-,40-,43+,44+/m0/s1. The van der Waals surface area contributed by atoms with Gasteiger partial charge < -0.3 is 9.47 Å². The molecule has 0 unspecified atom stereocenters. The van der Waals surface area contributed by atoms with Crippen LogP contribution in [0.5, 0.6) is 11.5 Å². The first-order chi connectivity index (χ1) is 24.5. The van der Waals surface area contributed by atoms with Crippen molar-refractivity contribution in [3.63, 3.8) is 0 Å². The Bertz CT molecular complexity index is 1540. The molecule has 8 aliphatic rings. The van der Waals surface area contributed by atoms with Crippen molar-refractivity contribution in [2.24, 2.45) is 23.7 Å². The Balaban J connectivity index is 0.792.